The third kappa shape index (κ3) is 4.30. The fraction of sp³-hybridized carbons (Fsp3) is 0.333. The van der Waals surface area contributed by atoms with Gasteiger partial charge in [0.25, 0.3) is 0 Å². The summed E-state index contributed by atoms with van der Waals surface area (Å²) < 4.78 is 13.5. The van der Waals surface area contributed by atoms with E-state index in [2.05, 4.69) is 36.1 Å². The zero-order valence-electron chi connectivity index (χ0n) is 12.9. The van der Waals surface area contributed by atoms with E-state index in [0.717, 1.165) is 17.8 Å². The predicted octanol–water partition coefficient (Wildman–Crippen LogP) is 3.66. The van der Waals surface area contributed by atoms with Crippen molar-refractivity contribution in [3.8, 4) is 0 Å². The first kappa shape index (κ1) is 15.5. The van der Waals surface area contributed by atoms with E-state index in [0.29, 0.717) is 6.42 Å². The Morgan fingerprint density at radius 1 is 1.14 bits per heavy atom. The molecule has 1 atom stereocenters. The number of halogens is 1. The Labute approximate surface area is 126 Å². The highest BCUT2D eigenvalue weighted by Gasteiger charge is 2.11. The van der Waals surface area contributed by atoms with Gasteiger partial charge in [-0.15, -0.1) is 0 Å². The molecule has 0 aliphatic carbocycles. The summed E-state index contributed by atoms with van der Waals surface area (Å²) in [5, 5.41) is 0. The molecule has 3 heteroatoms. The van der Waals surface area contributed by atoms with E-state index in [1.807, 2.05) is 20.0 Å². The molecule has 2 nitrogen and oxygen atoms in total. The number of hydrogen-bond donors (Lipinski definition) is 1. The van der Waals surface area contributed by atoms with Crippen molar-refractivity contribution in [3.05, 3.63) is 65.0 Å². The SMILES string of the molecule is Cc1ccc(CN(C)c2ccc(F)cc2CC(C)N)cc1. The van der Waals surface area contributed by atoms with Crippen molar-refractivity contribution in [1.82, 2.24) is 0 Å². The lowest BCUT2D eigenvalue weighted by Gasteiger charge is -2.23. The molecule has 21 heavy (non-hydrogen) atoms. The minimum Gasteiger partial charge on any atom is -0.370 e. The van der Waals surface area contributed by atoms with Crippen molar-refractivity contribution in [2.75, 3.05) is 11.9 Å². The third-order valence-corrected chi connectivity index (χ3v) is 3.54. The second-order valence-electron chi connectivity index (χ2n) is 5.80. The highest BCUT2D eigenvalue weighted by molar-refractivity contribution is 5.54. The van der Waals surface area contributed by atoms with E-state index >= 15 is 0 Å². The van der Waals surface area contributed by atoms with Gasteiger partial charge in [-0.1, -0.05) is 29.8 Å². The summed E-state index contributed by atoms with van der Waals surface area (Å²) in [5.41, 5.74) is 10.4. The van der Waals surface area contributed by atoms with E-state index in [1.54, 1.807) is 6.07 Å². The molecular weight excluding hydrogens is 263 g/mol. The molecule has 0 radical (unpaired) electrons. The molecule has 0 saturated heterocycles. The molecule has 0 fully saturated rings. The Bertz CT molecular complexity index is 591. The maximum absolute atomic E-state index is 13.5. The molecule has 0 saturated carbocycles. The van der Waals surface area contributed by atoms with Crippen molar-refractivity contribution >= 4 is 5.69 Å². The average Bonchev–Trinajstić information content (AvgIpc) is 2.40. The fourth-order valence-corrected chi connectivity index (χ4v) is 2.49. The van der Waals surface area contributed by atoms with Crippen LogP contribution in [-0.2, 0) is 13.0 Å². The zero-order valence-corrected chi connectivity index (χ0v) is 12.9. The van der Waals surface area contributed by atoms with Crippen LogP contribution in [-0.4, -0.2) is 13.1 Å². The molecule has 2 rings (SSSR count). The lowest BCUT2D eigenvalue weighted by atomic mass is 10.0. The van der Waals surface area contributed by atoms with Gasteiger partial charge in [-0.3, -0.25) is 0 Å². The largest absolute Gasteiger partial charge is 0.370 e. The van der Waals surface area contributed by atoms with E-state index < -0.39 is 0 Å². The van der Waals surface area contributed by atoms with E-state index in [4.69, 9.17) is 5.73 Å². The molecule has 112 valence electrons. The molecule has 2 N–H and O–H groups in total. The number of nitrogens with two attached hydrogens (primary N) is 1. The van der Waals surface area contributed by atoms with Crippen LogP contribution in [0.5, 0.6) is 0 Å². The molecule has 0 spiro atoms. The van der Waals surface area contributed by atoms with Crippen molar-refractivity contribution in [2.24, 2.45) is 5.73 Å². The monoisotopic (exact) mass is 286 g/mol. The third-order valence-electron chi connectivity index (χ3n) is 3.54. The second kappa shape index (κ2) is 6.72. The number of anilines is 1. The predicted molar refractivity (Wildman–Crippen MR) is 87.0 cm³/mol. The number of aryl methyl sites for hydroxylation is 1. The Morgan fingerprint density at radius 3 is 2.43 bits per heavy atom. The van der Waals surface area contributed by atoms with Crippen molar-refractivity contribution in [2.45, 2.75) is 32.9 Å². The maximum atomic E-state index is 13.5. The average molecular weight is 286 g/mol. The summed E-state index contributed by atoms with van der Waals surface area (Å²) >= 11 is 0. The number of hydrogen-bond acceptors (Lipinski definition) is 2. The van der Waals surface area contributed by atoms with Gasteiger partial charge in [0.1, 0.15) is 5.82 Å². The van der Waals surface area contributed by atoms with Gasteiger partial charge in [-0.25, -0.2) is 4.39 Å². The van der Waals surface area contributed by atoms with E-state index in [1.165, 1.54) is 17.2 Å². The molecular formula is C18H23FN2. The quantitative estimate of drug-likeness (QED) is 0.909. The summed E-state index contributed by atoms with van der Waals surface area (Å²) in [6.07, 6.45) is 0.672. The highest BCUT2D eigenvalue weighted by Crippen LogP contribution is 2.23. The molecule has 0 bridgehead atoms. The molecule has 2 aromatic carbocycles. The van der Waals surface area contributed by atoms with E-state index in [-0.39, 0.29) is 11.9 Å². The van der Waals surface area contributed by atoms with Gasteiger partial charge >= 0.3 is 0 Å². The van der Waals surface area contributed by atoms with Gasteiger partial charge in [-0.2, -0.15) is 0 Å². The lowest BCUT2D eigenvalue weighted by Crippen LogP contribution is -2.22. The van der Waals surface area contributed by atoms with Gasteiger partial charge in [-0.05, 0) is 49.6 Å². The topological polar surface area (TPSA) is 29.3 Å². The second-order valence-corrected chi connectivity index (χ2v) is 5.80. The Balaban J connectivity index is 2.21. The normalized spacial score (nSPS) is 12.2. The van der Waals surface area contributed by atoms with Crippen molar-refractivity contribution in [1.29, 1.82) is 0 Å². The summed E-state index contributed by atoms with van der Waals surface area (Å²) in [4.78, 5) is 2.14. The Morgan fingerprint density at radius 2 is 1.81 bits per heavy atom. The van der Waals surface area contributed by atoms with Crippen LogP contribution in [0.25, 0.3) is 0 Å². The minimum absolute atomic E-state index is 0.0123. The van der Waals surface area contributed by atoms with Gasteiger partial charge in [0, 0.05) is 25.3 Å². The smallest absolute Gasteiger partial charge is 0.123 e. The maximum Gasteiger partial charge on any atom is 0.123 e. The molecule has 0 aliphatic heterocycles. The van der Waals surface area contributed by atoms with Crippen LogP contribution in [0.15, 0.2) is 42.5 Å². The van der Waals surface area contributed by atoms with Crippen LogP contribution in [0.3, 0.4) is 0 Å². The lowest BCUT2D eigenvalue weighted by molar-refractivity contribution is 0.622. The van der Waals surface area contributed by atoms with Crippen molar-refractivity contribution in [3.63, 3.8) is 0 Å². The number of benzene rings is 2. The first-order valence-electron chi connectivity index (χ1n) is 7.26. The van der Waals surface area contributed by atoms with Gasteiger partial charge in [0.15, 0.2) is 0 Å². The summed E-state index contributed by atoms with van der Waals surface area (Å²) in [6, 6.07) is 13.4. The van der Waals surface area contributed by atoms with Crippen LogP contribution < -0.4 is 10.6 Å². The van der Waals surface area contributed by atoms with E-state index in [9.17, 15) is 4.39 Å². The summed E-state index contributed by atoms with van der Waals surface area (Å²) in [6.45, 7) is 4.81. The molecule has 1 unspecified atom stereocenters. The summed E-state index contributed by atoms with van der Waals surface area (Å²) in [5.74, 6) is -0.210. The molecule has 0 aliphatic rings. The highest BCUT2D eigenvalue weighted by atomic mass is 19.1. The molecule has 0 heterocycles. The van der Waals surface area contributed by atoms with Crippen molar-refractivity contribution < 1.29 is 4.39 Å². The molecule has 0 aromatic heterocycles. The molecule has 2 aromatic rings. The van der Waals surface area contributed by atoms with Crippen LogP contribution >= 0.6 is 0 Å². The Kier molecular flexibility index (Phi) is 4.97. The first-order valence-corrected chi connectivity index (χ1v) is 7.26. The molecule has 0 amide bonds. The van der Waals surface area contributed by atoms with Gasteiger partial charge < -0.3 is 10.6 Å². The Hall–Kier alpha value is -1.87. The summed E-state index contributed by atoms with van der Waals surface area (Å²) in [7, 11) is 2.03. The fourth-order valence-electron chi connectivity index (χ4n) is 2.49. The van der Waals surface area contributed by atoms with Gasteiger partial charge in [0.05, 0.1) is 0 Å². The zero-order chi connectivity index (χ0) is 15.4. The van der Waals surface area contributed by atoms with Crippen LogP contribution in [0.2, 0.25) is 0 Å². The van der Waals surface area contributed by atoms with Gasteiger partial charge in [0.2, 0.25) is 0 Å². The van der Waals surface area contributed by atoms with Crippen LogP contribution in [0, 0.1) is 12.7 Å². The van der Waals surface area contributed by atoms with Crippen LogP contribution in [0.1, 0.15) is 23.6 Å². The number of nitrogens with zero attached hydrogens (tertiary/aromatic N) is 1. The number of rotatable bonds is 5. The first-order chi connectivity index (χ1) is 9.95. The van der Waals surface area contributed by atoms with Crippen LogP contribution in [0.4, 0.5) is 10.1 Å². The minimum atomic E-state index is -0.210. The standard InChI is InChI=1S/C18H23FN2/c1-13-4-6-15(7-5-13)12-21(3)18-9-8-17(19)11-16(18)10-14(2)20/h4-9,11,14H,10,12,20H2,1-3H3.